The summed E-state index contributed by atoms with van der Waals surface area (Å²) in [5, 5.41) is 30.6. The molecule has 0 aliphatic carbocycles. The third kappa shape index (κ3) is 2.02. The number of nitrogens with zero attached hydrogens (tertiary/aromatic N) is 1. The average molecular weight is 315 g/mol. The molecule has 6 heteroatoms. The first-order valence-electron chi connectivity index (χ1n) is 7.66. The Morgan fingerprint density at radius 1 is 1.13 bits per heavy atom. The Morgan fingerprint density at radius 3 is 2.22 bits per heavy atom. The van der Waals surface area contributed by atoms with Gasteiger partial charge in [-0.1, -0.05) is 30.3 Å². The van der Waals surface area contributed by atoms with Crippen molar-refractivity contribution in [2.75, 3.05) is 0 Å². The molecule has 3 heterocycles. The molecule has 2 bridgehead atoms. The van der Waals surface area contributed by atoms with Crippen LogP contribution < -0.4 is 0 Å². The lowest BCUT2D eigenvalue weighted by Crippen LogP contribution is -2.21. The van der Waals surface area contributed by atoms with Gasteiger partial charge in [0.1, 0.15) is 6.04 Å². The van der Waals surface area contributed by atoms with E-state index in [0.29, 0.717) is 11.1 Å². The second kappa shape index (κ2) is 5.03. The Bertz CT molecular complexity index is 734. The first-order valence-corrected chi connectivity index (χ1v) is 7.66. The number of benzene rings is 1. The van der Waals surface area contributed by atoms with Crippen LogP contribution >= 0.6 is 0 Å². The number of ether oxygens (including phenoxy) is 1. The van der Waals surface area contributed by atoms with Gasteiger partial charge in [0.15, 0.2) is 0 Å². The van der Waals surface area contributed by atoms with E-state index in [-0.39, 0.29) is 30.4 Å². The number of aromatic nitrogens is 1. The molecule has 23 heavy (non-hydrogen) atoms. The SMILES string of the molecule is O=C(O)C(Cc1ccccc1)n1c(O)c2c(c1O)[C@H]1CC[C@@H]2O1. The van der Waals surface area contributed by atoms with Crippen molar-refractivity contribution in [3.05, 3.63) is 47.0 Å². The standard InChI is InChI=1S/C17H17NO5/c19-15-13-11-6-7-12(23-11)14(13)16(20)18(15)10(17(21)22)8-9-4-2-1-3-5-9/h1-5,10-12,19-20H,6-8H2,(H,21,22)/t10?,11-,12+. The third-order valence-corrected chi connectivity index (χ3v) is 4.76. The Labute approximate surface area is 132 Å². The predicted octanol–water partition coefficient (Wildman–Crippen LogP) is 2.67. The van der Waals surface area contributed by atoms with E-state index in [4.69, 9.17) is 4.74 Å². The lowest BCUT2D eigenvalue weighted by molar-refractivity contribution is -0.141. The number of carboxylic acids is 1. The van der Waals surface area contributed by atoms with Crippen LogP contribution in [0.1, 0.15) is 47.8 Å². The maximum Gasteiger partial charge on any atom is 0.327 e. The highest BCUT2D eigenvalue weighted by Crippen LogP contribution is 2.58. The maximum absolute atomic E-state index is 11.7. The van der Waals surface area contributed by atoms with Gasteiger partial charge >= 0.3 is 5.97 Å². The number of aromatic hydroxyl groups is 2. The highest BCUT2D eigenvalue weighted by atomic mass is 16.5. The van der Waals surface area contributed by atoms with E-state index < -0.39 is 12.0 Å². The van der Waals surface area contributed by atoms with Crippen LogP contribution in [0.2, 0.25) is 0 Å². The summed E-state index contributed by atoms with van der Waals surface area (Å²) in [4.78, 5) is 11.7. The van der Waals surface area contributed by atoms with Crippen molar-refractivity contribution >= 4 is 5.97 Å². The molecule has 3 atom stereocenters. The van der Waals surface area contributed by atoms with E-state index in [0.717, 1.165) is 23.0 Å². The zero-order chi connectivity index (χ0) is 16.1. The number of hydrogen-bond acceptors (Lipinski definition) is 4. The number of fused-ring (bicyclic) bond motifs is 5. The van der Waals surface area contributed by atoms with E-state index >= 15 is 0 Å². The quantitative estimate of drug-likeness (QED) is 0.807. The summed E-state index contributed by atoms with van der Waals surface area (Å²) in [6.07, 6.45) is 1.26. The summed E-state index contributed by atoms with van der Waals surface area (Å²) in [7, 11) is 0. The van der Waals surface area contributed by atoms with Gasteiger partial charge < -0.3 is 20.1 Å². The number of rotatable bonds is 4. The molecule has 0 amide bonds. The smallest absolute Gasteiger partial charge is 0.327 e. The van der Waals surface area contributed by atoms with Gasteiger partial charge in [-0.2, -0.15) is 0 Å². The molecule has 3 N–H and O–H groups in total. The summed E-state index contributed by atoms with van der Waals surface area (Å²) < 4.78 is 6.81. The Morgan fingerprint density at radius 2 is 1.70 bits per heavy atom. The molecule has 1 unspecified atom stereocenters. The topological polar surface area (TPSA) is 91.9 Å². The fourth-order valence-corrected chi connectivity index (χ4v) is 3.72. The summed E-state index contributed by atoms with van der Waals surface area (Å²) in [6.45, 7) is 0. The lowest BCUT2D eigenvalue weighted by Gasteiger charge is -2.18. The van der Waals surface area contributed by atoms with Gasteiger partial charge in [0, 0.05) is 6.42 Å². The molecule has 120 valence electrons. The second-order valence-electron chi connectivity index (χ2n) is 6.08. The fraction of sp³-hybridized carbons (Fsp3) is 0.353. The van der Waals surface area contributed by atoms with Gasteiger partial charge in [-0.3, -0.25) is 4.57 Å². The Hall–Kier alpha value is -2.47. The average Bonchev–Trinajstić information content (AvgIpc) is 3.21. The van der Waals surface area contributed by atoms with Crippen molar-refractivity contribution in [2.24, 2.45) is 0 Å². The number of carboxylic acid groups (broad SMARTS) is 1. The van der Waals surface area contributed by atoms with E-state index in [1.54, 1.807) is 0 Å². The molecule has 1 fully saturated rings. The Balaban J connectivity index is 1.78. The number of aliphatic carboxylic acids is 1. The van der Waals surface area contributed by atoms with Crippen LogP contribution in [0.3, 0.4) is 0 Å². The molecule has 6 nitrogen and oxygen atoms in total. The van der Waals surface area contributed by atoms with Gasteiger partial charge in [-0.25, -0.2) is 4.79 Å². The summed E-state index contributed by atoms with van der Waals surface area (Å²) in [5.41, 5.74) is 1.93. The van der Waals surface area contributed by atoms with Crippen molar-refractivity contribution < 1.29 is 24.9 Å². The van der Waals surface area contributed by atoms with Crippen LogP contribution in [-0.2, 0) is 16.0 Å². The van der Waals surface area contributed by atoms with Crippen LogP contribution in [0.5, 0.6) is 11.8 Å². The largest absolute Gasteiger partial charge is 0.494 e. The summed E-state index contributed by atoms with van der Waals surface area (Å²) in [6, 6.07) is 8.10. The van der Waals surface area contributed by atoms with Crippen molar-refractivity contribution in [1.82, 2.24) is 4.57 Å². The van der Waals surface area contributed by atoms with Gasteiger partial charge in [0.2, 0.25) is 11.8 Å². The normalized spacial score (nSPS) is 23.0. The van der Waals surface area contributed by atoms with Crippen molar-refractivity contribution in [3.8, 4) is 11.8 Å². The first kappa shape index (κ1) is 14.1. The molecule has 1 saturated heterocycles. The third-order valence-electron chi connectivity index (χ3n) is 4.76. The molecule has 2 aromatic rings. The van der Waals surface area contributed by atoms with Gasteiger partial charge in [-0.15, -0.1) is 0 Å². The molecular weight excluding hydrogens is 298 g/mol. The molecule has 2 aliphatic rings. The highest BCUT2D eigenvalue weighted by Gasteiger charge is 2.46. The van der Waals surface area contributed by atoms with Crippen LogP contribution in [0.4, 0.5) is 0 Å². The lowest BCUT2D eigenvalue weighted by atomic mass is 9.95. The maximum atomic E-state index is 11.7. The molecule has 2 aliphatic heterocycles. The van der Waals surface area contributed by atoms with E-state index in [1.165, 1.54) is 0 Å². The van der Waals surface area contributed by atoms with Crippen LogP contribution in [0, 0.1) is 0 Å². The van der Waals surface area contributed by atoms with E-state index in [2.05, 4.69) is 0 Å². The molecule has 4 rings (SSSR count). The molecule has 0 spiro atoms. The van der Waals surface area contributed by atoms with E-state index in [9.17, 15) is 20.1 Å². The zero-order valence-electron chi connectivity index (χ0n) is 12.3. The van der Waals surface area contributed by atoms with Crippen LogP contribution in [-0.4, -0.2) is 25.9 Å². The van der Waals surface area contributed by atoms with Crippen molar-refractivity contribution in [3.63, 3.8) is 0 Å². The van der Waals surface area contributed by atoms with Crippen LogP contribution in [0.25, 0.3) is 0 Å². The van der Waals surface area contributed by atoms with Gasteiger partial charge in [0.05, 0.1) is 23.3 Å². The number of carbonyl (C=O) groups is 1. The van der Waals surface area contributed by atoms with Crippen molar-refractivity contribution in [1.29, 1.82) is 0 Å². The van der Waals surface area contributed by atoms with Crippen LogP contribution in [0.15, 0.2) is 30.3 Å². The summed E-state index contributed by atoms with van der Waals surface area (Å²) >= 11 is 0. The molecule has 1 aromatic carbocycles. The zero-order valence-corrected chi connectivity index (χ0v) is 12.3. The van der Waals surface area contributed by atoms with Crippen molar-refractivity contribution in [2.45, 2.75) is 37.5 Å². The molecule has 0 radical (unpaired) electrons. The minimum absolute atomic E-state index is 0.182. The monoisotopic (exact) mass is 315 g/mol. The Kier molecular flexibility index (Phi) is 3.09. The molecular formula is C17H17NO5. The number of hydrogen-bond donors (Lipinski definition) is 3. The minimum Gasteiger partial charge on any atom is -0.494 e. The molecule has 1 aromatic heterocycles. The second-order valence-corrected chi connectivity index (χ2v) is 6.08. The predicted molar refractivity (Wildman–Crippen MR) is 80.4 cm³/mol. The first-order chi connectivity index (χ1) is 11.1. The molecule has 0 saturated carbocycles. The van der Waals surface area contributed by atoms with Gasteiger partial charge in [0.25, 0.3) is 0 Å². The van der Waals surface area contributed by atoms with E-state index in [1.807, 2.05) is 30.3 Å². The minimum atomic E-state index is -1.10. The van der Waals surface area contributed by atoms with Gasteiger partial charge in [-0.05, 0) is 18.4 Å². The fourth-order valence-electron chi connectivity index (χ4n) is 3.72. The summed E-state index contributed by atoms with van der Waals surface area (Å²) in [5.74, 6) is -1.47. The highest BCUT2D eigenvalue weighted by molar-refractivity contribution is 5.74.